The largest absolute Gasteiger partial charge is 0.137 e. The quantitative estimate of drug-likeness (QED) is 0.574. The maximum absolute atomic E-state index is 2.50. The average molecular weight is 192 g/mol. The Morgan fingerprint density at radius 2 is 1.14 bits per heavy atom. The van der Waals surface area contributed by atoms with Gasteiger partial charge in [0.15, 0.2) is 0 Å². The van der Waals surface area contributed by atoms with Gasteiger partial charge in [0.1, 0.15) is 13.4 Å². The van der Waals surface area contributed by atoms with E-state index in [-0.39, 0.29) is 0 Å². The first-order valence-electron chi connectivity index (χ1n) is 6.71. The van der Waals surface area contributed by atoms with Gasteiger partial charge in [0.2, 0.25) is 0 Å². The smallest absolute Gasteiger partial charge is 0.0853 e. The van der Waals surface area contributed by atoms with Crippen molar-refractivity contribution in [3.8, 4) is 0 Å². The van der Waals surface area contributed by atoms with Crippen molar-refractivity contribution in [3.63, 3.8) is 0 Å². The predicted octanol–water partition coefficient (Wildman–Crippen LogP) is 4.52. The summed E-state index contributed by atoms with van der Waals surface area (Å²) in [7, 11) is 0. The number of rotatable bonds is 4. The summed E-state index contributed by atoms with van der Waals surface area (Å²) in [5.41, 5.74) is 0.972. The average Bonchev–Trinajstić information content (AvgIpc) is 2.48. The van der Waals surface area contributed by atoms with Crippen LogP contribution < -0.4 is 0 Å². The lowest BCUT2D eigenvalue weighted by Gasteiger charge is -2.22. The molecule has 0 amide bonds. The van der Waals surface area contributed by atoms with Gasteiger partial charge in [0.05, 0.1) is 0 Å². The fraction of sp³-hybridized carbons (Fsp3) is 1.00. The van der Waals surface area contributed by atoms with E-state index >= 15 is 0 Å². The van der Waals surface area contributed by atoms with Crippen molar-refractivity contribution in [2.75, 3.05) is 0 Å². The van der Waals surface area contributed by atoms with Crippen LogP contribution in [0.5, 0.6) is 0 Å². The van der Waals surface area contributed by atoms with E-state index in [9.17, 15) is 0 Å². The lowest BCUT2D eigenvalue weighted by atomic mass is 9.26. The first kappa shape index (κ1) is 12.2. The van der Waals surface area contributed by atoms with Crippen LogP contribution in [-0.4, -0.2) is 13.4 Å². The molecule has 0 bridgehead atoms. The summed E-state index contributed by atoms with van der Waals surface area (Å²) in [6, 6.07) is 0. The Kier molecular flexibility index (Phi) is 4.60. The highest BCUT2D eigenvalue weighted by Crippen LogP contribution is 2.52. The zero-order valence-electron chi connectivity index (χ0n) is 10.7. The fourth-order valence-electron chi connectivity index (χ4n) is 4.29. The summed E-state index contributed by atoms with van der Waals surface area (Å²) in [5.74, 6) is 2.04. The van der Waals surface area contributed by atoms with Crippen molar-refractivity contribution < 1.29 is 0 Å². The topological polar surface area (TPSA) is 0 Å². The van der Waals surface area contributed by atoms with Gasteiger partial charge in [-0.2, -0.15) is 0 Å². The standard InChI is InChI=1S/C12H26B2/c1-6-11-12(7-2)14(9-4)10(5)13(11)8-3/h10-12H,6-9H2,1-5H3. The van der Waals surface area contributed by atoms with Crippen LogP contribution >= 0.6 is 0 Å². The van der Waals surface area contributed by atoms with Gasteiger partial charge in [0, 0.05) is 0 Å². The van der Waals surface area contributed by atoms with Crippen LogP contribution in [0.3, 0.4) is 0 Å². The van der Waals surface area contributed by atoms with Crippen molar-refractivity contribution >= 4 is 13.4 Å². The Labute approximate surface area is 91.4 Å². The molecule has 1 heterocycles. The van der Waals surface area contributed by atoms with Crippen LogP contribution in [0.2, 0.25) is 30.0 Å². The third-order valence-electron chi connectivity index (χ3n) is 4.89. The third kappa shape index (κ3) is 1.90. The van der Waals surface area contributed by atoms with Crippen LogP contribution in [0, 0.1) is 0 Å². The molecule has 0 aromatic rings. The molecule has 80 valence electrons. The van der Waals surface area contributed by atoms with Gasteiger partial charge in [-0.25, -0.2) is 0 Å². The SMILES string of the molecule is CCB1C(C)B(CC)C(CC)C1CC. The Balaban J connectivity index is 2.81. The van der Waals surface area contributed by atoms with E-state index in [2.05, 4.69) is 34.6 Å². The van der Waals surface area contributed by atoms with E-state index in [1.807, 2.05) is 0 Å². The molecule has 1 fully saturated rings. The summed E-state index contributed by atoms with van der Waals surface area (Å²) in [4.78, 5) is 0. The summed E-state index contributed by atoms with van der Waals surface area (Å²) < 4.78 is 0. The summed E-state index contributed by atoms with van der Waals surface area (Å²) in [5, 5.41) is 0. The highest BCUT2D eigenvalue weighted by atomic mass is 14.2. The van der Waals surface area contributed by atoms with E-state index < -0.39 is 0 Å². The van der Waals surface area contributed by atoms with Crippen molar-refractivity contribution in [1.29, 1.82) is 0 Å². The summed E-state index contributed by atoms with van der Waals surface area (Å²) >= 11 is 0. The minimum atomic E-state index is 0.972. The van der Waals surface area contributed by atoms with E-state index in [0.717, 1.165) is 30.8 Å². The molecule has 1 rings (SSSR count). The van der Waals surface area contributed by atoms with Crippen LogP contribution in [0.1, 0.15) is 47.5 Å². The van der Waals surface area contributed by atoms with Crippen molar-refractivity contribution in [3.05, 3.63) is 0 Å². The second kappa shape index (κ2) is 5.28. The molecule has 1 saturated heterocycles. The van der Waals surface area contributed by atoms with Gasteiger partial charge >= 0.3 is 0 Å². The Morgan fingerprint density at radius 3 is 1.36 bits per heavy atom. The van der Waals surface area contributed by atoms with Crippen LogP contribution in [-0.2, 0) is 0 Å². The molecule has 14 heavy (non-hydrogen) atoms. The molecule has 0 aromatic heterocycles. The van der Waals surface area contributed by atoms with Gasteiger partial charge in [-0.1, -0.05) is 77.5 Å². The molecule has 0 spiro atoms. The lowest BCUT2D eigenvalue weighted by Crippen LogP contribution is -2.22. The van der Waals surface area contributed by atoms with E-state index in [4.69, 9.17) is 0 Å². The second-order valence-corrected chi connectivity index (χ2v) is 5.15. The van der Waals surface area contributed by atoms with Crippen LogP contribution in [0.15, 0.2) is 0 Å². The first-order chi connectivity index (χ1) is 6.71. The van der Waals surface area contributed by atoms with Crippen molar-refractivity contribution in [1.82, 2.24) is 0 Å². The minimum absolute atomic E-state index is 0.972. The Morgan fingerprint density at radius 1 is 0.786 bits per heavy atom. The molecular weight excluding hydrogens is 166 g/mol. The lowest BCUT2D eigenvalue weighted by molar-refractivity contribution is 0.681. The molecule has 2 atom stereocenters. The molecule has 2 heteroatoms. The first-order valence-corrected chi connectivity index (χ1v) is 6.71. The Bertz CT molecular complexity index is 152. The van der Waals surface area contributed by atoms with Gasteiger partial charge in [0.25, 0.3) is 0 Å². The number of hydrogen-bond acceptors (Lipinski definition) is 0. The van der Waals surface area contributed by atoms with Crippen LogP contribution in [0.4, 0.5) is 0 Å². The van der Waals surface area contributed by atoms with Crippen molar-refractivity contribution in [2.45, 2.75) is 77.5 Å². The molecule has 0 radical (unpaired) electrons. The van der Waals surface area contributed by atoms with Gasteiger partial charge in [-0.05, 0) is 0 Å². The molecule has 1 aliphatic rings. The Hall–Kier alpha value is 0.130. The third-order valence-corrected chi connectivity index (χ3v) is 4.89. The fourth-order valence-corrected chi connectivity index (χ4v) is 4.29. The van der Waals surface area contributed by atoms with Gasteiger partial charge < -0.3 is 0 Å². The zero-order valence-corrected chi connectivity index (χ0v) is 10.7. The predicted molar refractivity (Wildman–Crippen MR) is 70.0 cm³/mol. The molecular formula is C12H26B2. The minimum Gasteiger partial charge on any atom is -0.0853 e. The monoisotopic (exact) mass is 192 g/mol. The highest BCUT2D eigenvalue weighted by molar-refractivity contribution is 6.86. The molecule has 2 unspecified atom stereocenters. The summed E-state index contributed by atoms with van der Waals surface area (Å²) in [6.07, 6.45) is 5.59. The molecule has 0 aliphatic carbocycles. The second-order valence-electron chi connectivity index (χ2n) is 5.15. The zero-order chi connectivity index (χ0) is 10.7. The van der Waals surface area contributed by atoms with E-state index in [0.29, 0.717) is 0 Å². The molecule has 0 N–H and O–H groups in total. The normalized spacial score (nSPS) is 32.8. The molecule has 0 nitrogen and oxygen atoms in total. The highest BCUT2D eigenvalue weighted by Gasteiger charge is 2.47. The molecule has 0 saturated carbocycles. The van der Waals surface area contributed by atoms with Crippen LogP contribution in [0.25, 0.3) is 0 Å². The maximum atomic E-state index is 2.50. The molecule has 0 aromatic carbocycles. The summed E-state index contributed by atoms with van der Waals surface area (Å²) in [6.45, 7) is 14.1. The number of hydrogen-bond donors (Lipinski definition) is 0. The van der Waals surface area contributed by atoms with E-state index in [1.54, 1.807) is 0 Å². The molecule has 1 aliphatic heterocycles. The van der Waals surface area contributed by atoms with Gasteiger partial charge in [-0.15, -0.1) is 0 Å². The maximum Gasteiger partial charge on any atom is 0.137 e. The van der Waals surface area contributed by atoms with E-state index in [1.165, 1.54) is 25.5 Å². The van der Waals surface area contributed by atoms with Gasteiger partial charge in [-0.3, -0.25) is 0 Å². The van der Waals surface area contributed by atoms with Crippen molar-refractivity contribution in [2.24, 2.45) is 0 Å².